The van der Waals surface area contributed by atoms with E-state index in [-0.39, 0.29) is 28.5 Å². The number of nitrogens with zero attached hydrogens (tertiary/aromatic N) is 3. The number of rotatable bonds is 7. The molecule has 2 aromatic heterocycles. The number of carbonyl (C=O) groups is 1. The van der Waals surface area contributed by atoms with Crippen LogP contribution in [0.15, 0.2) is 42.5 Å². The van der Waals surface area contributed by atoms with Gasteiger partial charge in [0.1, 0.15) is 22.9 Å². The number of nitrogens with one attached hydrogen (secondary N) is 2. The van der Waals surface area contributed by atoms with Gasteiger partial charge in [-0.3, -0.25) is 14.2 Å². The Balaban J connectivity index is 2.00. The molecule has 4 rings (SSSR count). The fourth-order valence-corrected chi connectivity index (χ4v) is 5.26. The third-order valence-corrected chi connectivity index (χ3v) is 6.88. The zero-order chi connectivity index (χ0) is 31.0. The summed E-state index contributed by atoms with van der Waals surface area (Å²) in [5.41, 5.74) is 1.03. The van der Waals surface area contributed by atoms with E-state index < -0.39 is 39.2 Å². The highest BCUT2D eigenvalue weighted by Crippen LogP contribution is 2.39. The highest BCUT2D eigenvalue weighted by molar-refractivity contribution is 7.92. The first kappa shape index (κ1) is 30.9. The molecule has 9 nitrogen and oxygen atoms in total. The topological polar surface area (TPSA) is 126 Å². The van der Waals surface area contributed by atoms with Crippen molar-refractivity contribution in [2.24, 2.45) is 7.05 Å². The molecule has 1 amide bonds. The molecule has 0 spiro atoms. The Hall–Kier alpha value is -4.05. The summed E-state index contributed by atoms with van der Waals surface area (Å²) >= 11 is 6.51. The molecule has 0 radical (unpaired) electrons. The van der Waals surface area contributed by atoms with Crippen LogP contribution in [0, 0.1) is 23.5 Å². The Kier molecular flexibility index (Phi) is 8.59. The van der Waals surface area contributed by atoms with Crippen molar-refractivity contribution in [3.8, 4) is 23.0 Å². The number of halogens is 3. The van der Waals surface area contributed by atoms with Crippen molar-refractivity contribution in [2.75, 3.05) is 11.0 Å². The number of aromatic nitrogens is 3. The van der Waals surface area contributed by atoms with Crippen LogP contribution in [0.5, 0.6) is 0 Å². The first-order valence-corrected chi connectivity index (χ1v) is 14.9. The molecule has 220 valence electrons. The van der Waals surface area contributed by atoms with Crippen molar-refractivity contribution in [2.45, 2.75) is 38.8 Å². The molecule has 13 heteroatoms. The molecular formula is C29H28ClF2N5O4S. The lowest BCUT2D eigenvalue weighted by Crippen LogP contribution is -2.29. The number of pyridine rings is 1. The number of fused-ring (bicyclic) bond motifs is 1. The summed E-state index contributed by atoms with van der Waals surface area (Å²) in [6.07, 6.45) is 0.966. The van der Waals surface area contributed by atoms with Gasteiger partial charge in [0.2, 0.25) is 15.9 Å². The average Bonchev–Trinajstić information content (AvgIpc) is 3.16. The zero-order valence-electron chi connectivity index (χ0n) is 23.4. The fourth-order valence-electron chi connectivity index (χ4n) is 4.52. The minimum absolute atomic E-state index is 0.0256. The maximum atomic E-state index is 14.1. The van der Waals surface area contributed by atoms with Crippen LogP contribution in [0.1, 0.15) is 43.8 Å². The smallest absolute Gasteiger partial charge is 0.231 e. The number of carbonyl (C=O) groups excluding carboxylic acids is 1. The molecule has 1 atom stereocenters. The molecule has 0 unspecified atom stereocenters. The maximum absolute atomic E-state index is 14.1. The molecule has 0 aliphatic rings. The molecule has 0 saturated heterocycles. The van der Waals surface area contributed by atoms with E-state index >= 15 is 0 Å². The normalized spacial score (nSPS) is 12.5. The predicted molar refractivity (Wildman–Crippen MR) is 157 cm³/mol. The van der Waals surface area contributed by atoms with Crippen LogP contribution in [-0.2, 0) is 28.3 Å². The van der Waals surface area contributed by atoms with Crippen LogP contribution in [0.2, 0.25) is 5.02 Å². The first-order valence-electron chi connectivity index (χ1n) is 12.6. The molecule has 4 aromatic rings. The third-order valence-electron chi connectivity index (χ3n) is 6.00. The minimum atomic E-state index is -3.69. The van der Waals surface area contributed by atoms with Crippen molar-refractivity contribution in [1.82, 2.24) is 20.1 Å². The van der Waals surface area contributed by atoms with Crippen LogP contribution in [-0.4, -0.2) is 46.1 Å². The molecule has 0 fully saturated rings. The van der Waals surface area contributed by atoms with E-state index in [2.05, 4.69) is 27.0 Å². The number of benzene rings is 2. The molecule has 0 aliphatic heterocycles. The molecule has 2 heterocycles. The second-order valence-corrected chi connectivity index (χ2v) is 12.5. The molecular weight excluding hydrogens is 588 g/mol. The molecule has 0 aliphatic carbocycles. The molecule has 0 bridgehead atoms. The van der Waals surface area contributed by atoms with Gasteiger partial charge in [-0.1, -0.05) is 23.6 Å². The third kappa shape index (κ3) is 7.42. The highest BCUT2D eigenvalue weighted by atomic mass is 35.5. The van der Waals surface area contributed by atoms with Crippen molar-refractivity contribution < 1.29 is 27.1 Å². The molecule has 3 N–H and O–H groups in total. The standard InChI is InChI=1S/C29H28ClF2N5O4S/c1-16(38)33-24(14-17-12-18(31)15-19(32)13-17)26-21(7-6-20(34-26)10-11-29(2,3)39)22-8-9-23(30)25-27(22)37(4)35-28(25)36-42(5,40)41/h6-9,12-13,15,24,39H,14H2,1-5H3,(H,33,38)(H,35,36)/t24-/m0/s1. The first-order chi connectivity index (χ1) is 19.5. The van der Waals surface area contributed by atoms with Gasteiger partial charge in [-0.2, -0.15) is 5.10 Å². The number of hydrogen-bond acceptors (Lipinski definition) is 6. The summed E-state index contributed by atoms with van der Waals surface area (Å²) in [4.78, 5) is 17.1. The minimum Gasteiger partial charge on any atom is -0.378 e. The van der Waals surface area contributed by atoms with Crippen LogP contribution < -0.4 is 10.0 Å². The van der Waals surface area contributed by atoms with Gasteiger partial charge in [-0.25, -0.2) is 22.2 Å². The van der Waals surface area contributed by atoms with Crippen molar-refractivity contribution >= 4 is 44.3 Å². The molecule has 0 saturated carbocycles. The Labute approximate surface area is 247 Å². The fraction of sp³-hybridized carbons (Fsp3) is 0.276. The molecule has 2 aromatic carbocycles. The second-order valence-electron chi connectivity index (χ2n) is 10.3. The van der Waals surface area contributed by atoms with E-state index in [1.54, 1.807) is 31.3 Å². The van der Waals surface area contributed by atoms with Crippen LogP contribution in [0.4, 0.5) is 14.6 Å². The van der Waals surface area contributed by atoms with E-state index in [4.69, 9.17) is 16.6 Å². The number of aryl methyl sites for hydroxylation is 1. The summed E-state index contributed by atoms with van der Waals surface area (Å²) in [5.74, 6) is 3.58. The zero-order valence-corrected chi connectivity index (χ0v) is 25.0. The number of hydrogen-bond donors (Lipinski definition) is 3. The number of anilines is 1. The lowest BCUT2D eigenvalue weighted by Gasteiger charge is -2.22. The van der Waals surface area contributed by atoms with Gasteiger partial charge in [0.05, 0.1) is 33.9 Å². The van der Waals surface area contributed by atoms with Crippen molar-refractivity contribution in [3.05, 3.63) is 76.1 Å². The van der Waals surface area contributed by atoms with Gasteiger partial charge in [0, 0.05) is 31.2 Å². The van der Waals surface area contributed by atoms with E-state index in [1.165, 1.54) is 37.6 Å². The average molecular weight is 616 g/mol. The monoisotopic (exact) mass is 615 g/mol. The quantitative estimate of drug-likeness (QED) is 0.263. The van der Waals surface area contributed by atoms with Gasteiger partial charge in [-0.05, 0) is 62.1 Å². The number of aliphatic hydroxyl groups is 1. The molecule has 42 heavy (non-hydrogen) atoms. The Morgan fingerprint density at radius 1 is 1.14 bits per heavy atom. The van der Waals surface area contributed by atoms with Crippen molar-refractivity contribution in [1.29, 1.82) is 0 Å². The van der Waals surface area contributed by atoms with Gasteiger partial charge < -0.3 is 10.4 Å². The van der Waals surface area contributed by atoms with Gasteiger partial charge in [0.25, 0.3) is 0 Å². The van der Waals surface area contributed by atoms with E-state index in [0.717, 1.165) is 12.3 Å². The summed E-state index contributed by atoms with van der Waals surface area (Å²) < 4.78 is 56.1. The summed E-state index contributed by atoms with van der Waals surface area (Å²) in [5, 5.41) is 17.8. The van der Waals surface area contributed by atoms with Crippen molar-refractivity contribution in [3.63, 3.8) is 0 Å². The lowest BCUT2D eigenvalue weighted by atomic mass is 9.93. The Morgan fingerprint density at radius 2 is 1.79 bits per heavy atom. The second kappa shape index (κ2) is 11.7. The van der Waals surface area contributed by atoms with Crippen LogP contribution in [0.25, 0.3) is 22.0 Å². The summed E-state index contributed by atoms with van der Waals surface area (Å²) in [7, 11) is -2.07. The maximum Gasteiger partial charge on any atom is 0.231 e. The SMILES string of the molecule is CC(=O)N[C@@H](Cc1cc(F)cc(F)c1)c1nc(C#CC(C)(C)O)ccc1-c1ccc(Cl)c2c(NS(C)(=O)=O)nn(C)c12. The van der Waals surface area contributed by atoms with Crippen LogP contribution >= 0.6 is 11.6 Å². The predicted octanol–water partition coefficient (Wildman–Crippen LogP) is 4.48. The number of sulfonamides is 1. The Morgan fingerprint density at radius 3 is 2.38 bits per heavy atom. The lowest BCUT2D eigenvalue weighted by molar-refractivity contribution is -0.119. The van der Waals surface area contributed by atoms with E-state index in [1.807, 2.05) is 0 Å². The van der Waals surface area contributed by atoms with E-state index in [0.29, 0.717) is 27.7 Å². The van der Waals surface area contributed by atoms with E-state index in [9.17, 15) is 27.1 Å². The van der Waals surface area contributed by atoms with Crippen LogP contribution in [0.3, 0.4) is 0 Å². The highest BCUT2D eigenvalue weighted by Gasteiger charge is 2.25. The largest absolute Gasteiger partial charge is 0.378 e. The number of amides is 1. The Bertz CT molecular complexity index is 1850. The van der Waals surface area contributed by atoms with Gasteiger partial charge >= 0.3 is 0 Å². The van der Waals surface area contributed by atoms with Gasteiger partial charge in [0.15, 0.2) is 5.82 Å². The summed E-state index contributed by atoms with van der Waals surface area (Å²) in [6, 6.07) is 8.81. The van der Waals surface area contributed by atoms with Gasteiger partial charge in [-0.15, -0.1) is 0 Å². The summed E-state index contributed by atoms with van der Waals surface area (Å²) in [6.45, 7) is 4.34.